The molecule has 1 rings (SSSR count). The smallest absolute Gasteiger partial charge is 0.419 e. The molecule has 0 aromatic carbocycles. The summed E-state index contributed by atoms with van der Waals surface area (Å²) >= 11 is 0. The van der Waals surface area contributed by atoms with Crippen LogP contribution in [0.5, 0.6) is 0 Å². The Morgan fingerprint density at radius 1 is 1.35 bits per heavy atom. The largest absolute Gasteiger partial charge is 0.481 e. The Morgan fingerprint density at radius 2 is 1.95 bits per heavy atom. The molecule has 0 bridgehead atoms. The Morgan fingerprint density at radius 3 is 2.40 bits per heavy atom. The summed E-state index contributed by atoms with van der Waals surface area (Å²) in [6, 6.07) is 0. The third kappa shape index (κ3) is 4.38. The highest BCUT2D eigenvalue weighted by atomic mass is 16.6. The van der Waals surface area contributed by atoms with E-state index in [1.165, 1.54) is 0 Å². The van der Waals surface area contributed by atoms with Gasteiger partial charge in [0.1, 0.15) is 17.8 Å². The molecule has 0 fully saturated rings. The maximum atomic E-state index is 11.7. The number of imidazole rings is 1. The van der Waals surface area contributed by atoms with Crippen molar-refractivity contribution < 1.29 is 29.3 Å². The second-order valence-electron chi connectivity index (χ2n) is 5.17. The molecular formula is C12H16N2O6. The Bertz CT molecular complexity index is 528. The molecule has 8 nitrogen and oxygen atoms in total. The highest BCUT2D eigenvalue weighted by molar-refractivity contribution is 5.82. The number of rotatable bonds is 4. The van der Waals surface area contributed by atoms with E-state index < -0.39 is 36.0 Å². The van der Waals surface area contributed by atoms with Crippen LogP contribution in [0.4, 0.5) is 4.79 Å². The SMILES string of the molecule is CC(C)(C)OC(=O)n1cnc(C(CC(=O)O)C(=O)O)c1. The monoisotopic (exact) mass is 284 g/mol. The summed E-state index contributed by atoms with van der Waals surface area (Å²) in [6.45, 7) is 5.06. The Hall–Kier alpha value is -2.38. The van der Waals surface area contributed by atoms with Gasteiger partial charge in [-0.1, -0.05) is 0 Å². The van der Waals surface area contributed by atoms with Crippen LogP contribution in [0.1, 0.15) is 38.8 Å². The van der Waals surface area contributed by atoms with Crippen molar-refractivity contribution in [2.45, 2.75) is 38.7 Å². The Labute approximate surface area is 115 Å². The quantitative estimate of drug-likeness (QED) is 0.855. The lowest BCUT2D eigenvalue weighted by Gasteiger charge is -2.19. The van der Waals surface area contributed by atoms with Crippen molar-refractivity contribution in [3.05, 3.63) is 18.2 Å². The maximum Gasteiger partial charge on any atom is 0.419 e. The summed E-state index contributed by atoms with van der Waals surface area (Å²) in [5.41, 5.74) is -0.708. The predicted molar refractivity (Wildman–Crippen MR) is 66.5 cm³/mol. The van der Waals surface area contributed by atoms with Crippen LogP contribution in [0.25, 0.3) is 0 Å². The molecule has 1 unspecified atom stereocenters. The van der Waals surface area contributed by atoms with Crippen LogP contribution in [0.3, 0.4) is 0 Å². The van der Waals surface area contributed by atoms with E-state index in [2.05, 4.69) is 4.98 Å². The van der Waals surface area contributed by atoms with Gasteiger partial charge in [0, 0.05) is 6.20 Å². The van der Waals surface area contributed by atoms with Gasteiger partial charge in [0.15, 0.2) is 0 Å². The topological polar surface area (TPSA) is 119 Å². The van der Waals surface area contributed by atoms with E-state index >= 15 is 0 Å². The third-order valence-electron chi connectivity index (χ3n) is 2.24. The number of carbonyl (C=O) groups excluding carboxylic acids is 1. The van der Waals surface area contributed by atoms with E-state index in [-0.39, 0.29) is 5.69 Å². The lowest BCUT2D eigenvalue weighted by Crippen LogP contribution is -2.26. The number of nitrogens with zero attached hydrogens (tertiary/aromatic N) is 2. The molecule has 20 heavy (non-hydrogen) atoms. The lowest BCUT2D eigenvalue weighted by molar-refractivity contribution is -0.145. The average Bonchev–Trinajstić information content (AvgIpc) is 2.71. The van der Waals surface area contributed by atoms with E-state index in [4.69, 9.17) is 14.9 Å². The van der Waals surface area contributed by atoms with E-state index in [1.807, 2.05) is 0 Å². The number of carboxylic acid groups (broad SMARTS) is 2. The zero-order chi connectivity index (χ0) is 15.5. The highest BCUT2D eigenvalue weighted by Crippen LogP contribution is 2.19. The Kier molecular flexibility index (Phi) is 4.49. The molecule has 1 aromatic rings. The lowest BCUT2D eigenvalue weighted by atomic mass is 10.0. The highest BCUT2D eigenvalue weighted by Gasteiger charge is 2.27. The summed E-state index contributed by atoms with van der Waals surface area (Å²) in [4.78, 5) is 37.1. The van der Waals surface area contributed by atoms with Gasteiger partial charge < -0.3 is 14.9 Å². The molecule has 1 heterocycles. The molecule has 0 aliphatic rings. The van der Waals surface area contributed by atoms with E-state index in [9.17, 15) is 14.4 Å². The number of ether oxygens (including phenoxy) is 1. The fourth-order valence-electron chi connectivity index (χ4n) is 1.43. The minimum Gasteiger partial charge on any atom is -0.481 e. The number of hydrogen-bond acceptors (Lipinski definition) is 5. The molecular weight excluding hydrogens is 268 g/mol. The van der Waals surface area contributed by atoms with Crippen molar-refractivity contribution in [3.63, 3.8) is 0 Å². The van der Waals surface area contributed by atoms with Gasteiger partial charge in [0.2, 0.25) is 0 Å². The fraction of sp³-hybridized carbons (Fsp3) is 0.500. The Balaban J connectivity index is 2.92. The van der Waals surface area contributed by atoms with Crippen molar-refractivity contribution in [3.8, 4) is 0 Å². The average molecular weight is 284 g/mol. The third-order valence-corrected chi connectivity index (χ3v) is 2.24. The van der Waals surface area contributed by atoms with Gasteiger partial charge in [-0.3, -0.25) is 9.59 Å². The zero-order valence-electron chi connectivity index (χ0n) is 11.4. The van der Waals surface area contributed by atoms with E-state index in [1.54, 1.807) is 20.8 Å². The second kappa shape index (κ2) is 5.72. The van der Waals surface area contributed by atoms with Gasteiger partial charge in [0.25, 0.3) is 0 Å². The molecule has 0 aliphatic heterocycles. The van der Waals surface area contributed by atoms with Gasteiger partial charge in [-0.25, -0.2) is 14.3 Å². The first kappa shape index (κ1) is 15.7. The zero-order valence-corrected chi connectivity index (χ0v) is 11.4. The molecule has 0 spiro atoms. The molecule has 1 atom stereocenters. The van der Waals surface area contributed by atoms with Crippen LogP contribution in [0.2, 0.25) is 0 Å². The fourth-order valence-corrected chi connectivity index (χ4v) is 1.43. The second-order valence-corrected chi connectivity index (χ2v) is 5.17. The number of carbonyl (C=O) groups is 3. The number of aromatic nitrogens is 2. The van der Waals surface area contributed by atoms with Gasteiger partial charge in [-0.15, -0.1) is 0 Å². The van der Waals surface area contributed by atoms with E-state index in [0.717, 1.165) is 17.1 Å². The summed E-state index contributed by atoms with van der Waals surface area (Å²) in [5, 5.41) is 17.7. The normalized spacial score (nSPS) is 12.8. The molecule has 8 heteroatoms. The summed E-state index contributed by atoms with van der Waals surface area (Å²) in [6.07, 6.45) is 0.938. The van der Waals surface area contributed by atoms with Crippen LogP contribution in [0, 0.1) is 0 Å². The number of aliphatic carboxylic acids is 2. The predicted octanol–water partition coefficient (Wildman–Crippen LogP) is 1.31. The van der Waals surface area contributed by atoms with Crippen LogP contribution in [0.15, 0.2) is 12.5 Å². The first-order chi connectivity index (χ1) is 9.10. The molecule has 0 radical (unpaired) electrons. The van der Waals surface area contributed by atoms with Gasteiger partial charge in [0.05, 0.1) is 12.1 Å². The van der Waals surface area contributed by atoms with Crippen LogP contribution >= 0.6 is 0 Å². The first-order valence-electron chi connectivity index (χ1n) is 5.82. The van der Waals surface area contributed by atoms with Crippen LogP contribution in [-0.4, -0.2) is 43.4 Å². The maximum absolute atomic E-state index is 11.7. The standard InChI is InChI=1S/C12H16N2O6/c1-12(2,3)20-11(19)14-5-8(13-6-14)7(10(17)18)4-9(15)16/h5-7H,4H2,1-3H3,(H,15,16)(H,17,18). The molecule has 0 saturated carbocycles. The van der Waals surface area contributed by atoms with E-state index in [0.29, 0.717) is 0 Å². The van der Waals surface area contributed by atoms with Crippen LogP contribution < -0.4 is 0 Å². The molecule has 0 saturated heterocycles. The van der Waals surface area contributed by atoms with Crippen LogP contribution in [-0.2, 0) is 14.3 Å². The number of carboxylic acids is 2. The van der Waals surface area contributed by atoms with Crippen molar-refractivity contribution in [1.29, 1.82) is 0 Å². The summed E-state index contributed by atoms with van der Waals surface area (Å²) < 4.78 is 6.06. The van der Waals surface area contributed by atoms with Crippen molar-refractivity contribution in [2.75, 3.05) is 0 Å². The minimum absolute atomic E-state index is 0.00856. The van der Waals surface area contributed by atoms with Gasteiger partial charge in [-0.05, 0) is 20.8 Å². The summed E-state index contributed by atoms with van der Waals surface area (Å²) in [5.74, 6) is -3.89. The molecule has 0 amide bonds. The molecule has 1 aromatic heterocycles. The minimum atomic E-state index is -1.32. The first-order valence-corrected chi connectivity index (χ1v) is 5.82. The van der Waals surface area contributed by atoms with Crippen molar-refractivity contribution in [1.82, 2.24) is 9.55 Å². The van der Waals surface area contributed by atoms with Gasteiger partial charge >= 0.3 is 18.0 Å². The van der Waals surface area contributed by atoms with Crippen molar-refractivity contribution >= 4 is 18.0 Å². The molecule has 110 valence electrons. The van der Waals surface area contributed by atoms with Crippen molar-refractivity contribution in [2.24, 2.45) is 0 Å². The summed E-state index contributed by atoms with van der Waals surface area (Å²) in [7, 11) is 0. The molecule has 0 aliphatic carbocycles. The number of hydrogen-bond donors (Lipinski definition) is 2. The van der Waals surface area contributed by atoms with Gasteiger partial charge in [-0.2, -0.15) is 0 Å². The molecule has 2 N–H and O–H groups in total.